The summed E-state index contributed by atoms with van der Waals surface area (Å²) in [4.78, 5) is 16.6. The van der Waals surface area contributed by atoms with Crippen LogP contribution < -0.4 is 10.6 Å². The Morgan fingerprint density at radius 3 is 3.18 bits per heavy atom. The lowest BCUT2D eigenvalue weighted by molar-refractivity contribution is 0.0946. The first-order valence-electron chi connectivity index (χ1n) is 7.41. The summed E-state index contributed by atoms with van der Waals surface area (Å²) in [6.07, 6.45) is 2.26. The summed E-state index contributed by atoms with van der Waals surface area (Å²) < 4.78 is 13.1. The third kappa shape index (κ3) is 3.69. The van der Waals surface area contributed by atoms with Gasteiger partial charge in [-0.3, -0.25) is 4.79 Å². The Kier molecular flexibility index (Phi) is 4.80. The van der Waals surface area contributed by atoms with Gasteiger partial charge in [0.25, 0.3) is 5.91 Å². The Morgan fingerprint density at radius 1 is 1.50 bits per heavy atom. The van der Waals surface area contributed by atoms with Gasteiger partial charge in [-0.05, 0) is 37.1 Å². The maximum atomic E-state index is 13.1. The monoisotopic (exact) mass is 319 g/mol. The van der Waals surface area contributed by atoms with Crippen molar-refractivity contribution in [3.63, 3.8) is 0 Å². The summed E-state index contributed by atoms with van der Waals surface area (Å²) in [6.45, 7) is 2.29. The van der Waals surface area contributed by atoms with E-state index in [1.54, 1.807) is 17.5 Å². The zero-order chi connectivity index (χ0) is 15.4. The molecule has 0 saturated carbocycles. The van der Waals surface area contributed by atoms with Gasteiger partial charge < -0.3 is 10.6 Å². The molecule has 1 fully saturated rings. The smallest absolute Gasteiger partial charge is 0.271 e. The topological polar surface area (TPSA) is 54.0 Å². The van der Waals surface area contributed by atoms with Crippen molar-refractivity contribution >= 4 is 17.2 Å². The molecule has 22 heavy (non-hydrogen) atoms. The summed E-state index contributed by atoms with van der Waals surface area (Å²) in [5.41, 5.74) is 1.18. The van der Waals surface area contributed by atoms with E-state index in [4.69, 9.17) is 0 Å². The molecular weight excluding hydrogens is 301 g/mol. The Morgan fingerprint density at radius 2 is 2.41 bits per heavy atom. The highest BCUT2D eigenvalue weighted by Crippen LogP contribution is 2.26. The van der Waals surface area contributed by atoms with Crippen LogP contribution in [0.2, 0.25) is 0 Å². The third-order valence-electron chi connectivity index (χ3n) is 3.74. The number of piperidine rings is 1. The lowest BCUT2D eigenvalue weighted by Crippen LogP contribution is -2.28. The minimum absolute atomic E-state index is 0.212. The fraction of sp³-hybridized carbons (Fsp3) is 0.375. The molecule has 1 aliphatic heterocycles. The summed E-state index contributed by atoms with van der Waals surface area (Å²) in [6, 6.07) is 6.22. The highest BCUT2D eigenvalue weighted by atomic mass is 32.1. The molecule has 1 aromatic carbocycles. The van der Waals surface area contributed by atoms with E-state index in [-0.39, 0.29) is 11.7 Å². The number of aromatic nitrogens is 1. The molecule has 2 N–H and O–H groups in total. The van der Waals surface area contributed by atoms with E-state index in [0.29, 0.717) is 18.2 Å². The summed E-state index contributed by atoms with van der Waals surface area (Å²) in [5, 5.41) is 8.95. The highest BCUT2D eigenvalue weighted by Gasteiger charge is 2.20. The zero-order valence-corrected chi connectivity index (χ0v) is 13.0. The molecule has 0 spiro atoms. The lowest BCUT2D eigenvalue weighted by Gasteiger charge is -2.20. The first-order valence-corrected chi connectivity index (χ1v) is 8.29. The van der Waals surface area contributed by atoms with Gasteiger partial charge in [-0.1, -0.05) is 12.1 Å². The van der Waals surface area contributed by atoms with E-state index in [1.165, 1.54) is 23.5 Å². The summed E-state index contributed by atoms with van der Waals surface area (Å²) >= 11 is 1.54. The Labute approximate surface area is 132 Å². The predicted molar refractivity (Wildman–Crippen MR) is 84.5 cm³/mol. The number of nitrogens with zero attached hydrogens (tertiary/aromatic N) is 1. The van der Waals surface area contributed by atoms with E-state index < -0.39 is 0 Å². The van der Waals surface area contributed by atoms with Gasteiger partial charge in [0.15, 0.2) is 0 Å². The number of nitrogens with one attached hydrogen (secondary N) is 2. The number of rotatable bonds is 4. The first kappa shape index (κ1) is 15.1. The van der Waals surface area contributed by atoms with Crippen molar-refractivity contribution < 1.29 is 9.18 Å². The van der Waals surface area contributed by atoms with Gasteiger partial charge in [0.1, 0.15) is 11.5 Å². The molecule has 1 saturated heterocycles. The first-order chi connectivity index (χ1) is 10.7. The molecule has 3 rings (SSSR count). The summed E-state index contributed by atoms with van der Waals surface area (Å²) in [7, 11) is 0. The number of hydrogen-bond donors (Lipinski definition) is 2. The van der Waals surface area contributed by atoms with E-state index in [2.05, 4.69) is 15.6 Å². The molecule has 6 heteroatoms. The number of carbonyl (C=O) groups excluding carboxylic acids is 1. The molecule has 0 bridgehead atoms. The molecule has 0 aliphatic carbocycles. The van der Waals surface area contributed by atoms with Crippen molar-refractivity contribution in [2.75, 3.05) is 13.1 Å². The van der Waals surface area contributed by atoms with Gasteiger partial charge >= 0.3 is 0 Å². The van der Waals surface area contributed by atoms with Gasteiger partial charge in [-0.2, -0.15) is 0 Å². The van der Waals surface area contributed by atoms with Gasteiger partial charge in [-0.25, -0.2) is 9.37 Å². The standard InChI is InChI=1S/C16H18FN3OS/c17-13-5-1-3-11(7-13)8-19-15(21)14-10-22-16(20-14)12-4-2-6-18-9-12/h1,3,5,7,10,12,18H,2,4,6,8-9H2,(H,19,21). The molecule has 2 heterocycles. The average molecular weight is 319 g/mol. The highest BCUT2D eigenvalue weighted by molar-refractivity contribution is 7.09. The third-order valence-corrected chi connectivity index (χ3v) is 4.75. The normalized spacial score (nSPS) is 18.1. The molecule has 1 amide bonds. The minimum Gasteiger partial charge on any atom is -0.347 e. The zero-order valence-electron chi connectivity index (χ0n) is 12.1. The molecule has 4 nitrogen and oxygen atoms in total. The molecule has 2 aromatic rings. The van der Waals surface area contributed by atoms with E-state index in [0.717, 1.165) is 36.5 Å². The molecular formula is C16H18FN3OS. The van der Waals surface area contributed by atoms with Gasteiger partial charge in [0.05, 0.1) is 5.01 Å². The second-order valence-electron chi connectivity index (χ2n) is 5.43. The number of amides is 1. The van der Waals surface area contributed by atoms with Crippen molar-refractivity contribution in [3.8, 4) is 0 Å². The van der Waals surface area contributed by atoms with E-state index >= 15 is 0 Å². The second-order valence-corrected chi connectivity index (χ2v) is 6.32. The molecule has 1 atom stereocenters. The minimum atomic E-state index is -0.299. The fourth-order valence-corrected chi connectivity index (χ4v) is 3.50. The van der Waals surface area contributed by atoms with Crippen molar-refractivity contribution in [2.24, 2.45) is 0 Å². The molecule has 1 unspecified atom stereocenters. The second kappa shape index (κ2) is 6.98. The molecule has 0 radical (unpaired) electrons. The van der Waals surface area contributed by atoms with Crippen LogP contribution in [0.3, 0.4) is 0 Å². The lowest BCUT2D eigenvalue weighted by atomic mass is 10.0. The van der Waals surface area contributed by atoms with Gasteiger partial charge in [-0.15, -0.1) is 11.3 Å². The van der Waals surface area contributed by atoms with Crippen LogP contribution in [0, 0.1) is 5.82 Å². The number of halogens is 1. The van der Waals surface area contributed by atoms with Crippen LogP contribution in [-0.4, -0.2) is 24.0 Å². The van der Waals surface area contributed by atoms with Crippen molar-refractivity contribution in [2.45, 2.75) is 25.3 Å². The van der Waals surface area contributed by atoms with Crippen LogP contribution in [0.1, 0.15) is 39.8 Å². The van der Waals surface area contributed by atoms with Crippen LogP contribution in [0.5, 0.6) is 0 Å². The number of carbonyl (C=O) groups is 1. The molecule has 116 valence electrons. The van der Waals surface area contributed by atoms with E-state index in [9.17, 15) is 9.18 Å². The Balaban J connectivity index is 1.59. The van der Waals surface area contributed by atoms with Crippen molar-refractivity contribution in [3.05, 3.63) is 51.7 Å². The van der Waals surface area contributed by atoms with Gasteiger partial charge in [0.2, 0.25) is 0 Å². The number of thiazole rings is 1. The largest absolute Gasteiger partial charge is 0.347 e. The van der Waals surface area contributed by atoms with Crippen molar-refractivity contribution in [1.29, 1.82) is 0 Å². The van der Waals surface area contributed by atoms with Crippen LogP contribution in [-0.2, 0) is 6.54 Å². The maximum Gasteiger partial charge on any atom is 0.271 e. The Hall–Kier alpha value is -1.79. The molecule has 1 aromatic heterocycles. The van der Waals surface area contributed by atoms with Crippen molar-refractivity contribution in [1.82, 2.24) is 15.6 Å². The quantitative estimate of drug-likeness (QED) is 0.911. The van der Waals surface area contributed by atoms with Crippen LogP contribution in [0.25, 0.3) is 0 Å². The van der Waals surface area contributed by atoms with E-state index in [1.807, 2.05) is 0 Å². The van der Waals surface area contributed by atoms with Crippen LogP contribution >= 0.6 is 11.3 Å². The Bertz CT molecular complexity index is 652. The fourth-order valence-electron chi connectivity index (χ4n) is 2.56. The number of hydrogen-bond acceptors (Lipinski definition) is 4. The van der Waals surface area contributed by atoms with Crippen LogP contribution in [0.4, 0.5) is 4.39 Å². The van der Waals surface area contributed by atoms with Gasteiger partial charge in [0, 0.05) is 24.4 Å². The SMILES string of the molecule is O=C(NCc1cccc(F)c1)c1csc(C2CCCNC2)n1. The maximum absolute atomic E-state index is 13.1. The number of benzene rings is 1. The average Bonchev–Trinajstić information content (AvgIpc) is 3.04. The summed E-state index contributed by atoms with van der Waals surface area (Å²) in [5.74, 6) is -0.105. The molecule has 1 aliphatic rings. The predicted octanol–water partition coefficient (Wildman–Crippen LogP) is 2.68. The van der Waals surface area contributed by atoms with Crippen LogP contribution in [0.15, 0.2) is 29.6 Å².